The van der Waals surface area contributed by atoms with Crippen LogP contribution >= 0.6 is 15.9 Å². The van der Waals surface area contributed by atoms with Gasteiger partial charge < -0.3 is 10.1 Å². The minimum Gasteiger partial charge on any atom is -0.483 e. The summed E-state index contributed by atoms with van der Waals surface area (Å²) in [4.78, 5) is 12.4. The molecule has 0 aliphatic heterocycles. The van der Waals surface area contributed by atoms with Crippen LogP contribution in [0.3, 0.4) is 0 Å². The molecule has 0 radical (unpaired) electrons. The van der Waals surface area contributed by atoms with Gasteiger partial charge in [-0.2, -0.15) is 4.31 Å². The number of sulfonamides is 1. The number of hydrogen-bond donors (Lipinski definition) is 1. The van der Waals surface area contributed by atoms with Gasteiger partial charge in [-0.05, 0) is 63.3 Å². The first-order chi connectivity index (χ1) is 15.0. The van der Waals surface area contributed by atoms with Gasteiger partial charge in [0.1, 0.15) is 5.75 Å². The van der Waals surface area contributed by atoms with E-state index in [-0.39, 0.29) is 35.9 Å². The highest BCUT2D eigenvalue weighted by Crippen LogP contribution is 2.31. The first-order valence-corrected chi connectivity index (χ1v) is 12.3. The van der Waals surface area contributed by atoms with E-state index in [0.717, 1.165) is 10.0 Å². The second-order valence-corrected chi connectivity index (χ2v) is 10.9. The number of nitrogens with one attached hydrogen (secondary N) is 1. The van der Waals surface area contributed by atoms with Gasteiger partial charge in [0, 0.05) is 18.8 Å². The van der Waals surface area contributed by atoms with Crippen molar-refractivity contribution in [2.75, 3.05) is 25.0 Å². The summed E-state index contributed by atoms with van der Waals surface area (Å²) in [6, 6.07) is 11.8. The van der Waals surface area contributed by atoms with Crippen LogP contribution in [0.15, 0.2) is 77.1 Å². The summed E-state index contributed by atoms with van der Waals surface area (Å²) >= 11 is 3.49. The van der Waals surface area contributed by atoms with Gasteiger partial charge in [0.15, 0.2) is 6.61 Å². The average molecular weight is 521 g/mol. The van der Waals surface area contributed by atoms with Gasteiger partial charge in [-0.3, -0.25) is 4.79 Å². The molecule has 172 valence electrons. The number of carbonyl (C=O) groups is 1. The zero-order chi connectivity index (χ0) is 23.9. The number of hydrogen-bond acceptors (Lipinski definition) is 4. The predicted molar refractivity (Wildman–Crippen MR) is 133 cm³/mol. The summed E-state index contributed by atoms with van der Waals surface area (Å²) < 4.78 is 33.1. The SMILES string of the molecule is C=CCN(CC=C)S(=O)(=O)c1ccc(NC(=O)COc2ccc(C(C)(C)C)cc2Br)cc1. The van der Waals surface area contributed by atoms with E-state index in [1.807, 2.05) is 18.2 Å². The van der Waals surface area contributed by atoms with E-state index in [4.69, 9.17) is 4.74 Å². The van der Waals surface area contributed by atoms with Crippen LogP contribution in [0.1, 0.15) is 26.3 Å². The molecule has 0 aliphatic rings. The molecule has 8 heteroatoms. The van der Waals surface area contributed by atoms with E-state index in [9.17, 15) is 13.2 Å². The number of benzene rings is 2. The van der Waals surface area contributed by atoms with Gasteiger partial charge in [-0.25, -0.2) is 8.42 Å². The number of carbonyl (C=O) groups excluding carboxylic acids is 1. The summed E-state index contributed by atoms with van der Waals surface area (Å²) in [6.07, 6.45) is 3.04. The van der Waals surface area contributed by atoms with Gasteiger partial charge in [-0.15, -0.1) is 13.2 Å². The minimum atomic E-state index is -3.69. The molecule has 1 N–H and O–H groups in total. The third kappa shape index (κ3) is 6.79. The number of ether oxygens (including phenoxy) is 1. The van der Waals surface area contributed by atoms with Crippen molar-refractivity contribution in [2.24, 2.45) is 0 Å². The van der Waals surface area contributed by atoms with Crippen molar-refractivity contribution >= 4 is 37.5 Å². The second-order valence-electron chi connectivity index (χ2n) is 8.16. The first-order valence-electron chi connectivity index (χ1n) is 10.0. The van der Waals surface area contributed by atoms with Gasteiger partial charge in [0.25, 0.3) is 5.91 Å². The second kappa shape index (κ2) is 10.9. The summed E-state index contributed by atoms with van der Waals surface area (Å²) in [6.45, 7) is 13.7. The smallest absolute Gasteiger partial charge is 0.262 e. The van der Waals surface area contributed by atoms with E-state index in [1.54, 1.807) is 12.1 Å². The van der Waals surface area contributed by atoms with Crippen LogP contribution < -0.4 is 10.1 Å². The summed E-state index contributed by atoms with van der Waals surface area (Å²) in [5, 5.41) is 2.71. The van der Waals surface area contributed by atoms with Crippen LogP contribution in [0.25, 0.3) is 0 Å². The molecular formula is C24H29BrN2O4S. The number of nitrogens with zero attached hydrogens (tertiary/aromatic N) is 1. The lowest BCUT2D eigenvalue weighted by atomic mass is 9.87. The van der Waals surface area contributed by atoms with Crippen LogP contribution in [-0.4, -0.2) is 38.3 Å². The van der Waals surface area contributed by atoms with Crippen molar-refractivity contribution in [3.05, 3.63) is 77.8 Å². The Labute approximate surface area is 199 Å². The van der Waals surface area contributed by atoms with Crippen LogP contribution in [0.5, 0.6) is 5.75 Å². The number of amides is 1. The molecule has 0 spiro atoms. The fourth-order valence-electron chi connectivity index (χ4n) is 2.84. The molecule has 0 fully saturated rings. The maximum absolute atomic E-state index is 12.7. The van der Waals surface area contributed by atoms with Crippen molar-refractivity contribution < 1.29 is 17.9 Å². The lowest BCUT2D eigenvalue weighted by Crippen LogP contribution is -2.31. The molecule has 0 aromatic heterocycles. The van der Waals surface area contributed by atoms with E-state index in [1.165, 1.54) is 28.6 Å². The molecule has 0 saturated heterocycles. The number of anilines is 1. The molecule has 0 aliphatic carbocycles. The fraction of sp³-hybridized carbons (Fsp3) is 0.292. The fourth-order valence-corrected chi connectivity index (χ4v) is 4.72. The summed E-state index contributed by atoms with van der Waals surface area (Å²) in [7, 11) is -3.69. The molecule has 6 nitrogen and oxygen atoms in total. The normalized spacial score (nSPS) is 11.8. The van der Waals surface area contributed by atoms with Gasteiger partial charge >= 0.3 is 0 Å². The average Bonchev–Trinajstić information content (AvgIpc) is 2.72. The molecular weight excluding hydrogens is 492 g/mol. The van der Waals surface area contributed by atoms with E-state index in [2.05, 4.69) is 55.2 Å². The molecule has 32 heavy (non-hydrogen) atoms. The van der Waals surface area contributed by atoms with Crippen LogP contribution in [0.2, 0.25) is 0 Å². The molecule has 2 aromatic rings. The third-order valence-corrected chi connectivity index (χ3v) is 7.06. The van der Waals surface area contributed by atoms with Crippen molar-refractivity contribution in [1.29, 1.82) is 0 Å². The van der Waals surface area contributed by atoms with Gasteiger partial charge in [0.05, 0.1) is 9.37 Å². The molecule has 0 unspecified atom stereocenters. The number of halogens is 1. The van der Waals surface area contributed by atoms with Gasteiger partial charge in [0.2, 0.25) is 10.0 Å². The molecule has 0 heterocycles. The van der Waals surface area contributed by atoms with Crippen LogP contribution in [0.4, 0.5) is 5.69 Å². The van der Waals surface area contributed by atoms with Crippen molar-refractivity contribution in [2.45, 2.75) is 31.1 Å². The Hall–Kier alpha value is -2.42. The van der Waals surface area contributed by atoms with E-state index >= 15 is 0 Å². The maximum Gasteiger partial charge on any atom is 0.262 e. The lowest BCUT2D eigenvalue weighted by Gasteiger charge is -2.20. The molecule has 0 atom stereocenters. The molecule has 0 saturated carbocycles. The topological polar surface area (TPSA) is 75.7 Å². The molecule has 2 aromatic carbocycles. The number of rotatable bonds is 10. The Morgan fingerprint density at radius 2 is 1.69 bits per heavy atom. The Kier molecular flexibility index (Phi) is 8.83. The zero-order valence-electron chi connectivity index (χ0n) is 18.6. The van der Waals surface area contributed by atoms with Gasteiger partial charge in [-0.1, -0.05) is 39.0 Å². The summed E-state index contributed by atoms with van der Waals surface area (Å²) in [5.74, 6) is 0.214. The lowest BCUT2D eigenvalue weighted by molar-refractivity contribution is -0.118. The molecule has 1 amide bonds. The minimum absolute atomic E-state index is 0.00642. The zero-order valence-corrected chi connectivity index (χ0v) is 21.0. The molecule has 2 rings (SSSR count). The van der Waals surface area contributed by atoms with Crippen molar-refractivity contribution in [3.8, 4) is 5.75 Å². The Balaban J connectivity index is 2.01. The van der Waals surface area contributed by atoms with E-state index in [0.29, 0.717) is 11.4 Å². The Morgan fingerprint density at radius 3 is 2.19 bits per heavy atom. The predicted octanol–water partition coefficient (Wildman–Crippen LogP) is 5.13. The highest BCUT2D eigenvalue weighted by molar-refractivity contribution is 9.10. The Morgan fingerprint density at radius 1 is 1.09 bits per heavy atom. The van der Waals surface area contributed by atoms with Crippen LogP contribution in [0, 0.1) is 0 Å². The van der Waals surface area contributed by atoms with Crippen molar-refractivity contribution in [1.82, 2.24) is 4.31 Å². The van der Waals surface area contributed by atoms with Crippen molar-refractivity contribution in [3.63, 3.8) is 0 Å². The largest absolute Gasteiger partial charge is 0.483 e. The maximum atomic E-state index is 12.7. The first kappa shape index (κ1) is 25.8. The highest BCUT2D eigenvalue weighted by atomic mass is 79.9. The quantitative estimate of drug-likeness (QED) is 0.440. The monoisotopic (exact) mass is 520 g/mol. The van der Waals surface area contributed by atoms with Crippen LogP contribution in [-0.2, 0) is 20.2 Å². The standard InChI is InChI=1S/C24H29BrN2O4S/c1-6-14-27(15-7-2)32(29,30)20-11-9-19(10-12-20)26-23(28)17-31-22-13-8-18(16-21(22)25)24(3,4)5/h6-13,16H,1-2,14-15,17H2,3-5H3,(H,26,28). The van der Waals surface area contributed by atoms with E-state index < -0.39 is 10.0 Å². The third-order valence-electron chi connectivity index (χ3n) is 4.60. The Bertz CT molecular complexity index is 1060. The highest BCUT2D eigenvalue weighted by Gasteiger charge is 2.22. The summed E-state index contributed by atoms with van der Waals surface area (Å²) in [5.41, 5.74) is 1.63. The molecule has 0 bridgehead atoms.